The summed E-state index contributed by atoms with van der Waals surface area (Å²) in [6, 6.07) is 3.35. The molecule has 0 radical (unpaired) electrons. The summed E-state index contributed by atoms with van der Waals surface area (Å²) in [6.45, 7) is 1.33. The van der Waals surface area contributed by atoms with Crippen molar-refractivity contribution in [3.05, 3.63) is 34.8 Å². The van der Waals surface area contributed by atoms with Gasteiger partial charge in [-0.1, -0.05) is 0 Å². The van der Waals surface area contributed by atoms with Gasteiger partial charge in [0, 0.05) is 17.0 Å². The second-order valence-electron chi connectivity index (χ2n) is 3.70. The molecule has 8 heteroatoms. The van der Waals surface area contributed by atoms with Crippen LogP contribution in [0.5, 0.6) is 11.5 Å². The molecule has 0 fully saturated rings. The van der Waals surface area contributed by atoms with Crippen LogP contribution in [0.3, 0.4) is 0 Å². The van der Waals surface area contributed by atoms with Crippen LogP contribution < -0.4 is 9.47 Å². The molecule has 0 spiro atoms. The first-order valence-corrected chi connectivity index (χ1v) is 6.34. The van der Waals surface area contributed by atoms with E-state index in [2.05, 4.69) is 31.2 Å². The number of rotatable bonds is 4. The van der Waals surface area contributed by atoms with Gasteiger partial charge in [-0.2, -0.15) is 5.10 Å². The first-order chi connectivity index (χ1) is 9.60. The minimum atomic E-state index is -0.416. The van der Waals surface area contributed by atoms with Crippen LogP contribution >= 0.6 is 15.9 Å². The van der Waals surface area contributed by atoms with Crippen molar-refractivity contribution >= 4 is 28.1 Å². The maximum atomic E-state index is 11.0. The van der Waals surface area contributed by atoms with Gasteiger partial charge in [0.05, 0.1) is 13.3 Å². The van der Waals surface area contributed by atoms with Gasteiger partial charge >= 0.3 is 5.97 Å². The zero-order valence-electron chi connectivity index (χ0n) is 10.8. The topological polar surface area (TPSA) is 78.6 Å². The Morgan fingerprint density at radius 1 is 1.35 bits per heavy atom. The number of hydrogen-bond acceptors (Lipinski definition) is 6. The third-order valence-corrected chi connectivity index (χ3v) is 2.96. The number of carbonyl (C=O) groups excluding carboxylic acids is 1. The molecule has 20 heavy (non-hydrogen) atoms. The SMILES string of the molecule is COc1cc(/C=N\n2cnnc2)c(Br)cc1OC(C)=O. The lowest BCUT2D eigenvalue weighted by Gasteiger charge is -2.10. The van der Waals surface area contributed by atoms with E-state index < -0.39 is 5.97 Å². The summed E-state index contributed by atoms with van der Waals surface area (Å²) in [4.78, 5) is 11.0. The van der Waals surface area contributed by atoms with E-state index in [0.717, 1.165) is 5.56 Å². The molecule has 2 aromatic rings. The second kappa shape index (κ2) is 6.29. The van der Waals surface area contributed by atoms with Gasteiger partial charge in [-0.15, -0.1) is 10.2 Å². The average Bonchev–Trinajstić information content (AvgIpc) is 2.90. The normalized spacial score (nSPS) is 10.8. The summed E-state index contributed by atoms with van der Waals surface area (Å²) < 4.78 is 12.4. The number of esters is 1. The largest absolute Gasteiger partial charge is 0.493 e. The summed E-state index contributed by atoms with van der Waals surface area (Å²) in [5.74, 6) is 0.364. The van der Waals surface area contributed by atoms with Crippen molar-refractivity contribution in [2.24, 2.45) is 5.10 Å². The van der Waals surface area contributed by atoms with Crippen LogP contribution in [0.2, 0.25) is 0 Å². The minimum Gasteiger partial charge on any atom is -0.493 e. The molecule has 1 aromatic heterocycles. The third kappa shape index (κ3) is 3.41. The van der Waals surface area contributed by atoms with Gasteiger partial charge in [0.25, 0.3) is 0 Å². The van der Waals surface area contributed by atoms with Crippen molar-refractivity contribution in [2.45, 2.75) is 6.92 Å². The highest BCUT2D eigenvalue weighted by atomic mass is 79.9. The highest BCUT2D eigenvalue weighted by Crippen LogP contribution is 2.33. The molecule has 0 bridgehead atoms. The van der Waals surface area contributed by atoms with Gasteiger partial charge in [-0.3, -0.25) is 4.79 Å². The van der Waals surface area contributed by atoms with Gasteiger partial charge in [0.2, 0.25) is 0 Å². The maximum Gasteiger partial charge on any atom is 0.308 e. The van der Waals surface area contributed by atoms with Gasteiger partial charge in [-0.05, 0) is 28.1 Å². The molecule has 0 aliphatic carbocycles. The van der Waals surface area contributed by atoms with Crippen molar-refractivity contribution in [1.82, 2.24) is 14.9 Å². The van der Waals surface area contributed by atoms with Crippen LogP contribution in [0.4, 0.5) is 0 Å². The lowest BCUT2D eigenvalue weighted by Crippen LogP contribution is -2.04. The Kier molecular flexibility index (Phi) is 4.46. The highest BCUT2D eigenvalue weighted by molar-refractivity contribution is 9.10. The Morgan fingerprint density at radius 3 is 2.65 bits per heavy atom. The summed E-state index contributed by atoms with van der Waals surface area (Å²) in [5, 5.41) is 11.4. The molecule has 0 saturated carbocycles. The van der Waals surface area contributed by atoms with E-state index in [1.165, 1.54) is 31.4 Å². The smallest absolute Gasteiger partial charge is 0.308 e. The first-order valence-electron chi connectivity index (χ1n) is 5.55. The lowest BCUT2D eigenvalue weighted by atomic mass is 10.2. The summed E-state index contributed by atoms with van der Waals surface area (Å²) in [5.41, 5.74) is 0.756. The fraction of sp³-hybridized carbons (Fsp3) is 0.167. The number of hydrogen-bond donors (Lipinski definition) is 0. The van der Waals surface area contributed by atoms with Gasteiger partial charge < -0.3 is 9.47 Å². The van der Waals surface area contributed by atoms with E-state index in [-0.39, 0.29) is 0 Å². The molecule has 0 unspecified atom stereocenters. The van der Waals surface area contributed by atoms with Crippen LogP contribution in [-0.2, 0) is 4.79 Å². The Balaban J connectivity index is 2.32. The number of benzene rings is 1. The van der Waals surface area contributed by atoms with E-state index >= 15 is 0 Å². The molecule has 0 N–H and O–H groups in total. The minimum absolute atomic E-state index is 0.341. The molecule has 1 heterocycles. The van der Waals surface area contributed by atoms with Crippen molar-refractivity contribution in [3.63, 3.8) is 0 Å². The van der Waals surface area contributed by atoms with Gasteiger partial charge in [-0.25, -0.2) is 4.68 Å². The number of aromatic nitrogens is 3. The quantitative estimate of drug-likeness (QED) is 0.483. The molecule has 0 atom stereocenters. The molecular formula is C12H11BrN4O3. The summed E-state index contributed by atoms with van der Waals surface area (Å²) in [7, 11) is 1.50. The van der Waals surface area contributed by atoms with E-state index in [1.54, 1.807) is 18.3 Å². The van der Waals surface area contributed by atoms with Crippen LogP contribution in [0.15, 0.2) is 34.4 Å². The Morgan fingerprint density at radius 2 is 2.05 bits per heavy atom. The molecule has 7 nitrogen and oxygen atoms in total. The zero-order valence-corrected chi connectivity index (χ0v) is 12.4. The number of carbonyl (C=O) groups is 1. The van der Waals surface area contributed by atoms with Crippen LogP contribution in [0.25, 0.3) is 0 Å². The van der Waals surface area contributed by atoms with Crippen molar-refractivity contribution < 1.29 is 14.3 Å². The second-order valence-corrected chi connectivity index (χ2v) is 4.56. The van der Waals surface area contributed by atoms with Crippen molar-refractivity contribution in [1.29, 1.82) is 0 Å². The van der Waals surface area contributed by atoms with Crippen LogP contribution in [0, 0.1) is 0 Å². The third-order valence-electron chi connectivity index (χ3n) is 2.27. The lowest BCUT2D eigenvalue weighted by molar-refractivity contribution is -0.132. The van der Waals surface area contributed by atoms with E-state index in [4.69, 9.17) is 9.47 Å². The number of ether oxygens (including phenoxy) is 2. The van der Waals surface area contributed by atoms with E-state index in [9.17, 15) is 4.79 Å². The molecule has 0 amide bonds. The first kappa shape index (κ1) is 14.2. The molecule has 2 rings (SSSR count). The number of halogens is 1. The zero-order chi connectivity index (χ0) is 14.5. The van der Waals surface area contributed by atoms with Crippen LogP contribution in [0.1, 0.15) is 12.5 Å². The van der Waals surface area contributed by atoms with Crippen molar-refractivity contribution in [3.8, 4) is 11.5 Å². The highest BCUT2D eigenvalue weighted by Gasteiger charge is 2.11. The molecule has 104 valence electrons. The number of methoxy groups -OCH3 is 1. The molecule has 0 aliphatic rings. The van der Waals surface area contributed by atoms with E-state index in [0.29, 0.717) is 16.0 Å². The standard InChI is InChI=1S/C12H11BrN4O3/c1-8(18)20-12-4-10(13)9(3-11(12)19-2)5-16-17-6-14-15-7-17/h3-7H,1-2H3/b16-5-. The Bertz CT molecular complexity index is 640. The summed E-state index contributed by atoms with van der Waals surface area (Å²) in [6.07, 6.45) is 4.54. The average molecular weight is 339 g/mol. The fourth-order valence-corrected chi connectivity index (χ4v) is 1.85. The van der Waals surface area contributed by atoms with Gasteiger partial charge in [0.1, 0.15) is 12.7 Å². The number of nitrogens with zero attached hydrogens (tertiary/aromatic N) is 4. The van der Waals surface area contributed by atoms with Gasteiger partial charge in [0.15, 0.2) is 11.5 Å². The fourth-order valence-electron chi connectivity index (χ4n) is 1.43. The van der Waals surface area contributed by atoms with E-state index in [1.807, 2.05) is 0 Å². The Hall–Kier alpha value is -2.22. The monoisotopic (exact) mass is 338 g/mol. The molecule has 0 saturated heterocycles. The maximum absolute atomic E-state index is 11.0. The summed E-state index contributed by atoms with van der Waals surface area (Å²) >= 11 is 3.39. The van der Waals surface area contributed by atoms with Crippen LogP contribution in [-0.4, -0.2) is 34.2 Å². The molecular weight excluding hydrogens is 328 g/mol. The molecule has 0 aliphatic heterocycles. The predicted molar refractivity (Wildman–Crippen MR) is 75.0 cm³/mol. The molecule has 1 aromatic carbocycles. The Labute approximate surface area is 123 Å². The van der Waals surface area contributed by atoms with Crippen molar-refractivity contribution in [2.75, 3.05) is 7.11 Å². The predicted octanol–water partition coefficient (Wildman–Crippen LogP) is 1.86.